The molecule has 1 saturated carbocycles. The van der Waals surface area contributed by atoms with Gasteiger partial charge in [-0.1, -0.05) is 43.5 Å². The smallest absolute Gasteiger partial charge is 0.253 e. The highest BCUT2D eigenvalue weighted by Crippen LogP contribution is 2.34. The average molecular weight is 571 g/mol. The van der Waals surface area contributed by atoms with E-state index in [0.29, 0.717) is 23.8 Å². The topological polar surface area (TPSA) is 95.2 Å². The highest BCUT2D eigenvalue weighted by Gasteiger charge is 2.21. The van der Waals surface area contributed by atoms with Gasteiger partial charge in [0.1, 0.15) is 5.75 Å². The van der Waals surface area contributed by atoms with E-state index in [1.165, 1.54) is 18.4 Å². The molecule has 0 atom stereocenters. The predicted molar refractivity (Wildman–Crippen MR) is 173 cm³/mol. The second-order valence-corrected chi connectivity index (χ2v) is 11.4. The highest BCUT2D eigenvalue weighted by molar-refractivity contribution is 6.02. The van der Waals surface area contributed by atoms with Crippen LogP contribution < -0.4 is 26.2 Å². The summed E-state index contributed by atoms with van der Waals surface area (Å²) in [5, 5.41) is 9.99. The number of hydrogen-bond donors (Lipinski definition) is 4. The quantitative estimate of drug-likeness (QED) is 0.171. The Morgan fingerprint density at radius 3 is 2.60 bits per heavy atom. The molecule has 0 unspecified atom stereocenters. The zero-order chi connectivity index (χ0) is 30.1. The molecule has 224 valence electrons. The molecule has 0 aliphatic heterocycles. The molecule has 1 fully saturated rings. The first-order valence-electron chi connectivity index (χ1n) is 15.3. The largest absolute Gasteiger partial charge is 0.494 e. The molecule has 1 aliphatic rings. The molecule has 0 saturated heterocycles. The van der Waals surface area contributed by atoms with Gasteiger partial charge in [-0.3, -0.25) is 9.59 Å². The third-order valence-electron chi connectivity index (χ3n) is 8.01. The lowest BCUT2D eigenvalue weighted by atomic mass is 9.94. The van der Waals surface area contributed by atoms with Gasteiger partial charge >= 0.3 is 0 Å². The molecule has 0 bridgehead atoms. The van der Waals surface area contributed by atoms with Gasteiger partial charge in [0.2, 0.25) is 0 Å². The average Bonchev–Trinajstić information content (AvgIpc) is 3.48. The summed E-state index contributed by atoms with van der Waals surface area (Å²) in [6, 6.07) is 14.5. The number of H-pyrrole nitrogens is 1. The van der Waals surface area contributed by atoms with E-state index < -0.39 is 0 Å². The van der Waals surface area contributed by atoms with Gasteiger partial charge < -0.3 is 25.7 Å². The number of benzene rings is 2. The first kappa shape index (κ1) is 31.1. The first-order chi connectivity index (χ1) is 20.3. The van der Waals surface area contributed by atoms with Gasteiger partial charge in [0, 0.05) is 40.7 Å². The number of carbonyl (C=O) groups excluding carboxylic acids is 1. The lowest BCUT2D eigenvalue weighted by molar-refractivity contribution is 0.0950. The summed E-state index contributed by atoms with van der Waals surface area (Å²) in [4.78, 5) is 29.4. The maximum atomic E-state index is 13.9. The number of allylic oxidation sites excluding steroid dienone is 1. The molecule has 3 aromatic rings. The number of nitrogens with one attached hydrogen (secondary N) is 4. The minimum atomic E-state index is -0.208. The fraction of sp³-hybridized carbons (Fsp3) is 0.429. The zero-order valence-electron chi connectivity index (χ0n) is 25.8. The van der Waals surface area contributed by atoms with Crippen LogP contribution in [0, 0.1) is 13.8 Å². The molecule has 1 heterocycles. The summed E-state index contributed by atoms with van der Waals surface area (Å²) in [5.74, 6) is 0.597. The number of aryl methyl sites for hydroxylation is 2. The summed E-state index contributed by atoms with van der Waals surface area (Å²) < 4.78 is 6.02. The molecule has 0 radical (unpaired) electrons. The molecule has 4 N–H and O–H groups in total. The van der Waals surface area contributed by atoms with E-state index in [4.69, 9.17) is 4.74 Å². The lowest BCUT2D eigenvalue weighted by Crippen LogP contribution is -2.28. The van der Waals surface area contributed by atoms with E-state index in [-0.39, 0.29) is 18.0 Å². The summed E-state index contributed by atoms with van der Waals surface area (Å²) >= 11 is 0. The van der Waals surface area contributed by atoms with Gasteiger partial charge in [0.25, 0.3) is 11.5 Å². The fourth-order valence-electron chi connectivity index (χ4n) is 5.49. The molecular formula is C35H46N4O3. The van der Waals surface area contributed by atoms with E-state index in [1.54, 1.807) is 0 Å². The van der Waals surface area contributed by atoms with Crippen molar-refractivity contribution >= 4 is 17.7 Å². The van der Waals surface area contributed by atoms with Crippen LogP contribution in [0.2, 0.25) is 0 Å². The Bertz CT molecular complexity index is 1470. The number of pyridine rings is 1. The summed E-state index contributed by atoms with van der Waals surface area (Å²) in [6.45, 7) is 9.66. The lowest BCUT2D eigenvalue weighted by Gasteiger charge is -2.21. The van der Waals surface area contributed by atoms with Crippen LogP contribution in [-0.2, 0) is 6.54 Å². The van der Waals surface area contributed by atoms with Crippen LogP contribution in [0.5, 0.6) is 5.75 Å². The van der Waals surface area contributed by atoms with Crippen molar-refractivity contribution < 1.29 is 9.53 Å². The molecule has 7 nitrogen and oxygen atoms in total. The minimum absolute atomic E-state index is 0.155. The first-order valence-corrected chi connectivity index (χ1v) is 15.3. The second kappa shape index (κ2) is 14.9. The van der Waals surface area contributed by atoms with Crippen molar-refractivity contribution in [2.75, 3.05) is 25.5 Å². The number of aromatic amines is 1. The van der Waals surface area contributed by atoms with Gasteiger partial charge in [0.05, 0.1) is 6.61 Å². The zero-order valence-corrected chi connectivity index (χ0v) is 25.8. The van der Waals surface area contributed by atoms with Crippen LogP contribution >= 0.6 is 0 Å². The SMILES string of the molecule is CC/C(C)=C/c1c(NC2CCCC2)cc(-c2cccc(OCCCNC)c2)cc1C(=O)NCc1c(C)cc(C)[nH]c1=O. The third-order valence-corrected chi connectivity index (χ3v) is 8.01. The standard InChI is InChI=1S/C35H46N4O3/c1-6-23(2)17-30-31(34(40)37-22-32-24(3)18-25(4)38-35(32)41)20-27(21-33(30)39-28-12-7-8-13-28)26-11-9-14-29(19-26)42-16-10-15-36-5/h9,11,14,17-21,28,36,39H,6-8,10,12-13,15-16,22H2,1-5H3,(H,37,40)(H,38,41)/b23-17+. The van der Waals surface area contributed by atoms with E-state index in [0.717, 1.165) is 71.6 Å². The van der Waals surface area contributed by atoms with Crippen molar-refractivity contribution in [3.63, 3.8) is 0 Å². The van der Waals surface area contributed by atoms with Gasteiger partial charge in [-0.15, -0.1) is 0 Å². The Labute approximate surface area is 250 Å². The van der Waals surface area contributed by atoms with Crippen LogP contribution in [0.1, 0.15) is 85.1 Å². The number of carbonyl (C=O) groups is 1. The monoisotopic (exact) mass is 570 g/mol. The van der Waals surface area contributed by atoms with Crippen molar-refractivity contribution in [2.45, 2.75) is 78.8 Å². The number of anilines is 1. The number of ether oxygens (including phenoxy) is 1. The molecule has 1 aromatic heterocycles. The molecule has 7 heteroatoms. The Balaban J connectivity index is 1.75. The molecule has 1 amide bonds. The minimum Gasteiger partial charge on any atom is -0.494 e. The number of rotatable bonds is 13. The summed E-state index contributed by atoms with van der Waals surface area (Å²) in [6.07, 6.45) is 8.59. The summed E-state index contributed by atoms with van der Waals surface area (Å²) in [7, 11) is 1.94. The molecule has 4 rings (SSSR count). The molecule has 0 spiro atoms. The molecule has 2 aromatic carbocycles. The second-order valence-electron chi connectivity index (χ2n) is 11.4. The van der Waals surface area contributed by atoms with Crippen molar-refractivity contribution in [2.24, 2.45) is 0 Å². The van der Waals surface area contributed by atoms with Crippen LogP contribution in [-0.4, -0.2) is 37.1 Å². The highest BCUT2D eigenvalue weighted by atomic mass is 16.5. The molecule has 1 aliphatic carbocycles. The van der Waals surface area contributed by atoms with Crippen molar-refractivity contribution in [1.82, 2.24) is 15.6 Å². The number of amides is 1. The van der Waals surface area contributed by atoms with Crippen LogP contribution in [0.15, 0.2) is 52.8 Å². The normalized spacial score (nSPS) is 13.8. The van der Waals surface area contributed by atoms with E-state index in [1.807, 2.05) is 51.2 Å². The number of hydrogen-bond acceptors (Lipinski definition) is 5. The Morgan fingerprint density at radius 1 is 1.10 bits per heavy atom. The molecular weight excluding hydrogens is 524 g/mol. The van der Waals surface area contributed by atoms with Crippen LogP contribution in [0.25, 0.3) is 17.2 Å². The molecule has 42 heavy (non-hydrogen) atoms. The third kappa shape index (κ3) is 8.13. The van der Waals surface area contributed by atoms with Gasteiger partial charge in [-0.25, -0.2) is 0 Å². The predicted octanol–water partition coefficient (Wildman–Crippen LogP) is 6.74. The van der Waals surface area contributed by atoms with Gasteiger partial charge in [-0.05, 0) is 107 Å². The van der Waals surface area contributed by atoms with E-state index in [2.05, 4.69) is 53.0 Å². The van der Waals surface area contributed by atoms with Crippen molar-refractivity contribution in [3.05, 3.63) is 86.3 Å². The maximum absolute atomic E-state index is 13.9. The Morgan fingerprint density at radius 2 is 1.88 bits per heavy atom. The summed E-state index contributed by atoms with van der Waals surface area (Å²) in [5.41, 5.74) is 7.61. The van der Waals surface area contributed by atoms with Crippen LogP contribution in [0.3, 0.4) is 0 Å². The van der Waals surface area contributed by atoms with E-state index >= 15 is 0 Å². The van der Waals surface area contributed by atoms with Gasteiger partial charge in [0.15, 0.2) is 0 Å². The maximum Gasteiger partial charge on any atom is 0.253 e. The van der Waals surface area contributed by atoms with Crippen LogP contribution in [0.4, 0.5) is 5.69 Å². The Hall–Kier alpha value is -3.84. The van der Waals surface area contributed by atoms with E-state index in [9.17, 15) is 9.59 Å². The van der Waals surface area contributed by atoms with Crippen molar-refractivity contribution in [1.29, 1.82) is 0 Å². The van der Waals surface area contributed by atoms with Gasteiger partial charge in [-0.2, -0.15) is 0 Å². The fourth-order valence-corrected chi connectivity index (χ4v) is 5.49. The van der Waals surface area contributed by atoms with Crippen molar-refractivity contribution in [3.8, 4) is 16.9 Å². The Kier molecular flexibility index (Phi) is 11.0. The number of aromatic nitrogens is 1.